The third kappa shape index (κ3) is 5.00. The highest BCUT2D eigenvalue weighted by Gasteiger charge is 2.21. The maximum atomic E-state index is 9.81. The van der Waals surface area contributed by atoms with Gasteiger partial charge in [0.1, 0.15) is 11.8 Å². The van der Waals surface area contributed by atoms with Crippen molar-refractivity contribution in [2.45, 2.75) is 20.3 Å². The molecule has 0 aliphatic rings. The first-order valence-electron chi connectivity index (χ1n) is 10.5. The molecular weight excluding hydrogens is 434 g/mol. The van der Waals surface area contributed by atoms with E-state index in [1.807, 2.05) is 50.2 Å². The van der Waals surface area contributed by atoms with Crippen molar-refractivity contribution in [3.8, 4) is 33.5 Å². The molecule has 7 nitrogen and oxygen atoms in total. The highest BCUT2D eigenvalue weighted by Crippen LogP contribution is 2.43. The van der Waals surface area contributed by atoms with Crippen LogP contribution in [0.15, 0.2) is 55.0 Å². The number of aromatic nitrogens is 3. The Labute approximate surface area is 196 Å². The molecule has 4 rings (SSSR count). The van der Waals surface area contributed by atoms with Crippen molar-refractivity contribution >= 4 is 23.0 Å². The molecule has 4 aromatic rings. The normalized spacial score (nSPS) is 10.6. The van der Waals surface area contributed by atoms with Crippen LogP contribution in [0.3, 0.4) is 0 Å². The molecule has 3 aromatic heterocycles. The van der Waals surface area contributed by atoms with Gasteiger partial charge in [-0.15, -0.1) is 11.3 Å². The van der Waals surface area contributed by atoms with Crippen molar-refractivity contribution < 1.29 is 9.84 Å². The standard InChI is InChI=1S/C25H23N5O2S/c1-16-14-28-25(29-19-7-3-8-20(12-19)32-11-5-10-31)30-23(16)24-22(18-6-4-9-27-15-18)21(13-26)17(2)33-24/h3-4,6-9,12,14-15,31H,5,10-11H2,1-2H3,(H,28,29,30). The fourth-order valence-corrected chi connectivity index (χ4v) is 4.59. The Morgan fingerprint density at radius 1 is 1.18 bits per heavy atom. The molecule has 0 aliphatic heterocycles. The molecule has 0 atom stereocenters. The molecule has 1 aromatic carbocycles. The highest BCUT2D eigenvalue weighted by atomic mass is 32.1. The van der Waals surface area contributed by atoms with Gasteiger partial charge in [0.05, 0.1) is 22.7 Å². The van der Waals surface area contributed by atoms with Crippen molar-refractivity contribution in [3.63, 3.8) is 0 Å². The van der Waals surface area contributed by atoms with Gasteiger partial charge in [-0.05, 0) is 37.6 Å². The summed E-state index contributed by atoms with van der Waals surface area (Å²) in [6.07, 6.45) is 5.84. The number of nitrogens with zero attached hydrogens (tertiary/aromatic N) is 4. The van der Waals surface area contributed by atoms with Crippen LogP contribution in [0.25, 0.3) is 21.7 Å². The molecule has 0 radical (unpaired) electrons. The fourth-order valence-electron chi connectivity index (χ4n) is 3.41. The summed E-state index contributed by atoms with van der Waals surface area (Å²) in [7, 11) is 0. The van der Waals surface area contributed by atoms with Gasteiger partial charge in [0.15, 0.2) is 0 Å². The number of aliphatic hydroxyl groups excluding tert-OH is 1. The summed E-state index contributed by atoms with van der Waals surface area (Å²) in [6.45, 7) is 4.45. The van der Waals surface area contributed by atoms with Crippen molar-refractivity contribution in [1.29, 1.82) is 5.26 Å². The summed E-state index contributed by atoms with van der Waals surface area (Å²) < 4.78 is 5.65. The molecule has 0 bridgehead atoms. The Balaban J connectivity index is 1.70. The zero-order valence-corrected chi connectivity index (χ0v) is 19.2. The van der Waals surface area contributed by atoms with E-state index in [1.54, 1.807) is 29.9 Å². The lowest BCUT2D eigenvalue weighted by Gasteiger charge is -2.11. The summed E-state index contributed by atoms with van der Waals surface area (Å²) in [6, 6.07) is 13.7. The quantitative estimate of drug-likeness (QED) is 0.348. The second kappa shape index (κ2) is 10.2. The molecule has 33 heavy (non-hydrogen) atoms. The number of ether oxygens (including phenoxy) is 1. The van der Waals surface area contributed by atoms with Crippen LogP contribution >= 0.6 is 11.3 Å². The summed E-state index contributed by atoms with van der Waals surface area (Å²) >= 11 is 1.55. The van der Waals surface area contributed by atoms with E-state index >= 15 is 0 Å². The van der Waals surface area contributed by atoms with Gasteiger partial charge in [-0.2, -0.15) is 5.26 Å². The van der Waals surface area contributed by atoms with Gasteiger partial charge in [-0.3, -0.25) is 4.98 Å². The smallest absolute Gasteiger partial charge is 0.227 e. The zero-order chi connectivity index (χ0) is 23.2. The largest absolute Gasteiger partial charge is 0.493 e. The van der Waals surface area contributed by atoms with Gasteiger partial charge < -0.3 is 15.2 Å². The minimum atomic E-state index is 0.0919. The first-order valence-corrected chi connectivity index (χ1v) is 11.3. The first kappa shape index (κ1) is 22.4. The minimum absolute atomic E-state index is 0.0919. The SMILES string of the molecule is Cc1cnc(Nc2cccc(OCCCO)c2)nc1-c1sc(C)c(C#N)c1-c1cccnc1. The number of hydrogen-bond donors (Lipinski definition) is 2. The fraction of sp³-hybridized carbons (Fsp3) is 0.200. The molecule has 0 spiro atoms. The molecule has 3 heterocycles. The molecule has 166 valence electrons. The number of aryl methyl sites for hydroxylation is 2. The second-order valence-electron chi connectivity index (χ2n) is 7.39. The van der Waals surface area contributed by atoms with Gasteiger partial charge in [-0.25, -0.2) is 9.97 Å². The third-order valence-corrected chi connectivity index (χ3v) is 6.11. The lowest BCUT2D eigenvalue weighted by molar-refractivity contribution is 0.233. The van der Waals surface area contributed by atoms with Crippen molar-refractivity contribution in [2.75, 3.05) is 18.5 Å². The number of nitriles is 1. The average Bonchev–Trinajstić information content (AvgIpc) is 3.17. The average molecular weight is 458 g/mol. The van der Waals surface area contributed by atoms with Crippen molar-refractivity contribution in [1.82, 2.24) is 15.0 Å². The number of aliphatic hydroxyl groups is 1. The lowest BCUT2D eigenvalue weighted by atomic mass is 10.0. The number of thiophene rings is 1. The first-order chi connectivity index (χ1) is 16.1. The second-order valence-corrected chi connectivity index (χ2v) is 8.62. The Hall–Kier alpha value is -3.80. The minimum Gasteiger partial charge on any atom is -0.493 e. The third-order valence-electron chi connectivity index (χ3n) is 4.99. The molecule has 0 fully saturated rings. The summed E-state index contributed by atoms with van der Waals surface area (Å²) in [4.78, 5) is 15.3. The molecular formula is C25H23N5O2S. The van der Waals surface area contributed by atoms with Crippen LogP contribution in [0.1, 0.15) is 22.4 Å². The van der Waals surface area contributed by atoms with E-state index in [9.17, 15) is 5.26 Å². The van der Waals surface area contributed by atoms with E-state index < -0.39 is 0 Å². The van der Waals surface area contributed by atoms with Gasteiger partial charge in [0.25, 0.3) is 0 Å². The van der Waals surface area contributed by atoms with E-state index in [-0.39, 0.29) is 6.61 Å². The van der Waals surface area contributed by atoms with Crippen molar-refractivity contribution in [2.24, 2.45) is 0 Å². The van der Waals surface area contributed by atoms with Gasteiger partial charge in [0, 0.05) is 59.4 Å². The van der Waals surface area contributed by atoms with E-state index in [1.165, 1.54) is 0 Å². The molecule has 8 heteroatoms. The maximum Gasteiger partial charge on any atom is 0.227 e. The number of benzene rings is 1. The van der Waals surface area contributed by atoms with E-state index in [2.05, 4.69) is 21.4 Å². The Morgan fingerprint density at radius 3 is 2.82 bits per heavy atom. The molecule has 0 amide bonds. The highest BCUT2D eigenvalue weighted by molar-refractivity contribution is 7.16. The zero-order valence-electron chi connectivity index (χ0n) is 18.4. The lowest BCUT2D eigenvalue weighted by Crippen LogP contribution is -2.02. The van der Waals surface area contributed by atoms with Crippen LogP contribution in [0.5, 0.6) is 5.75 Å². The van der Waals surface area contributed by atoms with Crippen LogP contribution in [-0.4, -0.2) is 33.3 Å². The summed E-state index contributed by atoms with van der Waals surface area (Å²) in [5.41, 5.74) is 4.85. The molecule has 0 saturated heterocycles. The number of nitrogens with one attached hydrogen (secondary N) is 1. The van der Waals surface area contributed by atoms with E-state index in [0.717, 1.165) is 37.8 Å². The van der Waals surface area contributed by atoms with Crippen LogP contribution in [0, 0.1) is 25.2 Å². The van der Waals surface area contributed by atoms with Gasteiger partial charge in [0.2, 0.25) is 5.95 Å². The Bertz CT molecular complexity index is 1300. The van der Waals surface area contributed by atoms with E-state index in [4.69, 9.17) is 14.8 Å². The number of anilines is 2. The number of pyridine rings is 1. The Kier molecular flexibility index (Phi) is 6.93. The molecule has 0 aliphatic carbocycles. The predicted octanol–water partition coefficient (Wildman–Crippen LogP) is 5.26. The van der Waals surface area contributed by atoms with E-state index in [0.29, 0.717) is 30.3 Å². The van der Waals surface area contributed by atoms with Crippen LogP contribution in [0.4, 0.5) is 11.6 Å². The topological polar surface area (TPSA) is 104 Å². The predicted molar refractivity (Wildman–Crippen MR) is 130 cm³/mol. The monoisotopic (exact) mass is 457 g/mol. The van der Waals surface area contributed by atoms with Crippen molar-refractivity contribution in [3.05, 3.63) is 71.0 Å². The Morgan fingerprint density at radius 2 is 2.06 bits per heavy atom. The number of rotatable bonds is 8. The summed E-state index contributed by atoms with van der Waals surface area (Å²) in [5.74, 6) is 1.15. The molecule has 0 saturated carbocycles. The van der Waals surface area contributed by atoms with Gasteiger partial charge in [-0.1, -0.05) is 12.1 Å². The number of hydrogen-bond acceptors (Lipinski definition) is 8. The molecule has 0 unspecified atom stereocenters. The molecule has 2 N–H and O–H groups in total. The van der Waals surface area contributed by atoms with Crippen LogP contribution in [-0.2, 0) is 0 Å². The summed E-state index contributed by atoms with van der Waals surface area (Å²) in [5, 5.41) is 22.0. The maximum absolute atomic E-state index is 9.81. The van der Waals surface area contributed by atoms with Crippen LogP contribution < -0.4 is 10.1 Å². The van der Waals surface area contributed by atoms with Gasteiger partial charge >= 0.3 is 0 Å². The van der Waals surface area contributed by atoms with Crippen LogP contribution in [0.2, 0.25) is 0 Å².